The maximum absolute atomic E-state index is 13.4. The number of aryl methyl sites for hydroxylation is 1. The van der Waals surface area contributed by atoms with Gasteiger partial charge in [-0.15, -0.1) is 4.41 Å². The normalized spacial score (nSPS) is 24.1. The number of alkyl halides is 3. The predicted octanol–water partition coefficient (Wildman–Crippen LogP) is 0.711. The summed E-state index contributed by atoms with van der Waals surface area (Å²) < 4.78 is 52.5. The van der Waals surface area contributed by atoms with Crippen LogP contribution in [0.3, 0.4) is 0 Å². The van der Waals surface area contributed by atoms with E-state index in [1.165, 1.54) is 18.7 Å². The van der Waals surface area contributed by atoms with Gasteiger partial charge in [-0.1, -0.05) is 0 Å². The molecule has 2 heterocycles. The van der Waals surface area contributed by atoms with Crippen molar-refractivity contribution in [3.8, 4) is 0 Å². The molecule has 0 bridgehead atoms. The predicted molar refractivity (Wildman–Crippen MR) is 65.7 cm³/mol. The SMILES string of the molecule is CC1=NN(S(=O)(=O)c2cnn(C)c2)C(O)(C(F)(F)Cl)C1. The molecule has 1 aromatic rings. The van der Waals surface area contributed by atoms with Crippen LogP contribution in [0.15, 0.2) is 22.4 Å². The van der Waals surface area contributed by atoms with Crippen molar-refractivity contribution in [2.45, 2.75) is 29.3 Å². The van der Waals surface area contributed by atoms with Crippen LogP contribution in [0.25, 0.3) is 0 Å². The highest BCUT2D eigenvalue weighted by molar-refractivity contribution is 7.89. The van der Waals surface area contributed by atoms with Crippen LogP contribution in [-0.4, -0.2) is 44.5 Å². The van der Waals surface area contributed by atoms with Gasteiger partial charge in [0.25, 0.3) is 15.7 Å². The summed E-state index contributed by atoms with van der Waals surface area (Å²) >= 11 is 4.86. The maximum Gasteiger partial charge on any atom is 0.371 e. The Morgan fingerprint density at radius 2 is 2.15 bits per heavy atom. The van der Waals surface area contributed by atoms with Gasteiger partial charge in [0.05, 0.1) is 6.20 Å². The Morgan fingerprint density at radius 3 is 2.60 bits per heavy atom. The van der Waals surface area contributed by atoms with Crippen molar-refractivity contribution in [2.75, 3.05) is 0 Å². The van der Waals surface area contributed by atoms with Crippen molar-refractivity contribution < 1.29 is 22.3 Å². The van der Waals surface area contributed by atoms with Gasteiger partial charge in [-0.3, -0.25) is 4.68 Å². The van der Waals surface area contributed by atoms with Crippen LogP contribution in [0.2, 0.25) is 0 Å². The molecular weight excluding hydrogens is 318 g/mol. The van der Waals surface area contributed by atoms with Gasteiger partial charge < -0.3 is 5.11 Å². The third kappa shape index (κ3) is 2.17. The Hall–Kier alpha value is -1.26. The molecule has 1 N–H and O–H groups in total. The quantitative estimate of drug-likeness (QED) is 0.828. The minimum atomic E-state index is -4.49. The first-order chi connectivity index (χ1) is 8.98. The summed E-state index contributed by atoms with van der Waals surface area (Å²) in [7, 11) is -3.04. The second kappa shape index (κ2) is 4.37. The van der Waals surface area contributed by atoms with Crippen LogP contribution < -0.4 is 0 Å². The Labute approximate surface area is 118 Å². The Kier molecular flexibility index (Phi) is 3.30. The lowest BCUT2D eigenvalue weighted by Crippen LogP contribution is -2.55. The second-order valence-corrected chi connectivity index (χ2v) is 6.67. The number of hydrogen-bond acceptors (Lipinski definition) is 5. The number of hydrogen-bond donors (Lipinski definition) is 1. The van der Waals surface area contributed by atoms with E-state index in [-0.39, 0.29) is 15.0 Å². The number of halogens is 3. The topological polar surface area (TPSA) is 87.8 Å². The summed E-state index contributed by atoms with van der Waals surface area (Å²) in [6.07, 6.45) is 1.37. The molecule has 1 aliphatic heterocycles. The zero-order valence-corrected chi connectivity index (χ0v) is 12.0. The van der Waals surface area contributed by atoms with E-state index in [0.29, 0.717) is 0 Å². The monoisotopic (exact) mass is 328 g/mol. The molecule has 11 heteroatoms. The van der Waals surface area contributed by atoms with Crippen LogP contribution in [0.4, 0.5) is 8.78 Å². The van der Waals surface area contributed by atoms with Gasteiger partial charge in [0.15, 0.2) is 0 Å². The van der Waals surface area contributed by atoms with E-state index < -0.39 is 27.6 Å². The number of sulfonamides is 1. The van der Waals surface area contributed by atoms with Crippen molar-refractivity contribution in [1.82, 2.24) is 14.2 Å². The lowest BCUT2D eigenvalue weighted by Gasteiger charge is -2.33. The van der Waals surface area contributed by atoms with Crippen LogP contribution in [0.5, 0.6) is 0 Å². The van der Waals surface area contributed by atoms with Gasteiger partial charge in [-0.25, -0.2) is 0 Å². The maximum atomic E-state index is 13.4. The summed E-state index contributed by atoms with van der Waals surface area (Å²) in [5.41, 5.74) is -3.13. The van der Waals surface area contributed by atoms with Crippen molar-refractivity contribution in [1.29, 1.82) is 0 Å². The minimum absolute atomic E-state index is 0.0142. The number of rotatable bonds is 3. The van der Waals surface area contributed by atoms with E-state index >= 15 is 0 Å². The number of nitrogens with zero attached hydrogens (tertiary/aromatic N) is 4. The van der Waals surface area contributed by atoms with E-state index in [0.717, 1.165) is 12.4 Å². The zero-order valence-electron chi connectivity index (χ0n) is 10.5. The summed E-state index contributed by atoms with van der Waals surface area (Å²) in [5.74, 6) is 0. The van der Waals surface area contributed by atoms with E-state index in [1.807, 2.05) is 0 Å². The van der Waals surface area contributed by atoms with Crippen molar-refractivity contribution >= 4 is 27.3 Å². The van der Waals surface area contributed by atoms with Gasteiger partial charge >= 0.3 is 5.38 Å². The van der Waals surface area contributed by atoms with Gasteiger partial charge in [-0.05, 0) is 18.5 Å². The van der Waals surface area contributed by atoms with Crippen LogP contribution in [0.1, 0.15) is 13.3 Å². The Balaban J connectivity index is 2.55. The van der Waals surface area contributed by atoms with Gasteiger partial charge in [0.1, 0.15) is 4.90 Å². The first kappa shape index (κ1) is 15.1. The summed E-state index contributed by atoms with van der Waals surface area (Å²) in [6, 6.07) is 0. The number of hydrazone groups is 1. The van der Waals surface area contributed by atoms with Crippen molar-refractivity contribution in [2.24, 2.45) is 12.1 Å². The molecule has 7 nitrogen and oxygen atoms in total. The molecule has 1 aliphatic rings. The first-order valence-electron chi connectivity index (χ1n) is 5.36. The number of aliphatic hydroxyl groups is 1. The molecule has 20 heavy (non-hydrogen) atoms. The molecule has 0 amide bonds. The molecule has 2 rings (SSSR count). The van der Waals surface area contributed by atoms with Crippen molar-refractivity contribution in [3.05, 3.63) is 12.4 Å². The van der Waals surface area contributed by atoms with Crippen LogP contribution in [0, 0.1) is 0 Å². The lowest BCUT2D eigenvalue weighted by molar-refractivity contribution is -0.175. The van der Waals surface area contributed by atoms with Crippen LogP contribution in [-0.2, 0) is 17.1 Å². The third-order valence-corrected chi connectivity index (χ3v) is 4.69. The molecule has 0 saturated carbocycles. The third-order valence-electron chi connectivity index (χ3n) is 2.74. The molecule has 0 fully saturated rings. The first-order valence-corrected chi connectivity index (χ1v) is 7.17. The average molecular weight is 329 g/mol. The number of aromatic nitrogens is 2. The largest absolute Gasteiger partial charge is 0.371 e. The molecule has 0 saturated heterocycles. The van der Waals surface area contributed by atoms with E-state index in [1.54, 1.807) is 0 Å². The smallest absolute Gasteiger partial charge is 0.363 e. The Morgan fingerprint density at radius 1 is 1.55 bits per heavy atom. The molecule has 1 unspecified atom stereocenters. The fourth-order valence-electron chi connectivity index (χ4n) is 1.79. The highest BCUT2D eigenvalue weighted by Crippen LogP contribution is 2.44. The van der Waals surface area contributed by atoms with Gasteiger partial charge in [0, 0.05) is 25.4 Å². The van der Waals surface area contributed by atoms with Gasteiger partial charge in [-0.2, -0.15) is 27.4 Å². The fraction of sp³-hybridized carbons (Fsp3) is 0.556. The molecule has 1 aromatic heterocycles. The molecule has 0 aromatic carbocycles. The summed E-state index contributed by atoms with van der Waals surface area (Å²) in [6.45, 7) is 1.31. The molecule has 0 spiro atoms. The highest BCUT2D eigenvalue weighted by Gasteiger charge is 2.62. The lowest BCUT2D eigenvalue weighted by atomic mass is 10.1. The molecule has 0 radical (unpaired) electrons. The molecular formula is C9H11ClF2N4O3S. The summed E-state index contributed by atoms with van der Waals surface area (Å²) in [4.78, 5) is -0.377. The standard InChI is InChI=1S/C9H11ClF2N4O3S/c1-6-3-8(17,9(10,11)12)16(14-6)20(18,19)7-4-13-15(2)5-7/h4-5,17H,3H2,1-2H3. The second-order valence-electron chi connectivity index (χ2n) is 4.42. The van der Waals surface area contributed by atoms with E-state index in [2.05, 4.69) is 10.2 Å². The zero-order chi connectivity index (χ0) is 15.3. The fourth-order valence-corrected chi connectivity index (χ4v) is 3.48. The highest BCUT2D eigenvalue weighted by atomic mass is 35.5. The van der Waals surface area contributed by atoms with E-state index in [9.17, 15) is 22.3 Å². The van der Waals surface area contributed by atoms with E-state index in [4.69, 9.17) is 11.6 Å². The molecule has 112 valence electrons. The summed E-state index contributed by atoms with van der Waals surface area (Å²) in [5, 5.41) is 12.9. The van der Waals surface area contributed by atoms with Gasteiger partial charge in [0.2, 0.25) is 0 Å². The molecule has 1 atom stereocenters. The Bertz CT molecular complexity index is 669. The van der Waals surface area contributed by atoms with Crippen LogP contribution >= 0.6 is 11.6 Å². The average Bonchev–Trinajstić information content (AvgIpc) is 2.83. The van der Waals surface area contributed by atoms with Crippen molar-refractivity contribution in [3.63, 3.8) is 0 Å². The molecule has 0 aliphatic carbocycles. The minimum Gasteiger partial charge on any atom is -0.363 e.